The number of aromatic nitrogens is 4. The molecule has 12 nitrogen and oxygen atoms in total. The number of fused-ring (bicyclic) bond motifs is 1. The lowest BCUT2D eigenvalue weighted by atomic mass is 10.1. The lowest BCUT2D eigenvalue weighted by Crippen LogP contribution is -2.29. The second kappa shape index (κ2) is 13.4. The molecule has 0 aliphatic carbocycles. The first-order chi connectivity index (χ1) is 21.3. The predicted molar refractivity (Wildman–Crippen MR) is 175 cm³/mol. The molecule has 1 amide bonds. The summed E-state index contributed by atoms with van der Waals surface area (Å²) in [5.74, 6) is 1.32. The molecule has 228 valence electrons. The Bertz CT molecular complexity index is 1780. The molecule has 3 heterocycles. The van der Waals surface area contributed by atoms with Gasteiger partial charge < -0.3 is 40.3 Å². The standard InChI is InChI=1S/C32H37N9O3/c1-6-29(42)35-23-18-24(27(43-5)19-25(23)41(4)15-14-40(2)3)37-32-34-13-10-22(36-32)31-30(38-28(39-31)9-12-33)21-8-7-20-11-16-44-26(20)17-21/h6-8,10-11,13,16-19H,1,9,12,14-15,33H2,2-5H3,(H,35,42)(H,38,39)(H,34,36,37). The summed E-state index contributed by atoms with van der Waals surface area (Å²) in [6.07, 6.45) is 5.15. The maximum absolute atomic E-state index is 12.3. The molecule has 12 heteroatoms. The van der Waals surface area contributed by atoms with Crippen LogP contribution in [0.1, 0.15) is 5.82 Å². The lowest BCUT2D eigenvalue weighted by molar-refractivity contribution is -0.111. The molecule has 0 bridgehead atoms. The number of carbonyl (C=O) groups is 1. The maximum Gasteiger partial charge on any atom is 0.247 e. The molecule has 0 spiro atoms. The summed E-state index contributed by atoms with van der Waals surface area (Å²) in [4.78, 5) is 34.0. The second-order valence-electron chi connectivity index (χ2n) is 10.5. The quantitative estimate of drug-likeness (QED) is 0.142. The number of amides is 1. The second-order valence-corrected chi connectivity index (χ2v) is 10.5. The monoisotopic (exact) mass is 595 g/mol. The van der Waals surface area contributed by atoms with Crippen molar-refractivity contribution < 1.29 is 13.9 Å². The largest absolute Gasteiger partial charge is 0.494 e. The average molecular weight is 596 g/mol. The van der Waals surface area contributed by atoms with E-state index in [-0.39, 0.29) is 5.91 Å². The number of hydrogen-bond donors (Lipinski definition) is 4. The Morgan fingerprint density at radius 3 is 2.70 bits per heavy atom. The third-order valence-electron chi connectivity index (χ3n) is 7.08. The van der Waals surface area contributed by atoms with Crippen molar-refractivity contribution in [3.63, 3.8) is 0 Å². The third-order valence-corrected chi connectivity index (χ3v) is 7.08. The van der Waals surface area contributed by atoms with Gasteiger partial charge in [-0.05, 0) is 51.0 Å². The molecule has 0 saturated heterocycles. The molecule has 44 heavy (non-hydrogen) atoms. The van der Waals surface area contributed by atoms with Gasteiger partial charge in [0.25, 0.3) is 0 Å². The highest BCUT2D eigenvalue weighted by molar-refractivity contribution is 6.02. The number of nitrogens with two attached hydrogens (primary N) is 1. The van der Waals surface area contributed by atoms with Gasteiger partial charge in [-0.2, -0.15) is 0 Å². The van der Waals surface area contributed by atoms with Crippen molar-refractivity contribution in [2.24, 2.45) is 5.73 Å². The van der Waals surface area contributed by atoms with Gasteiger partial charge in [0.2, 0.25) is 11.9 Å². The van der Waals surface area contributed by atoms with Gasteiger partial charge in [-0.25, -0.2) is 15.0 Å². The Morgan fingerprint density at radius 1 is 1.11 bits per heavy atom. The summed E-state index contributed by atoms with van der Waals surface area (Å²) in [6.45, 7) is 5.60. The zero-order valence-corrected chi connectivity index (χ0v) is 25.3. The van der Waals surface area contributed by atoms with Crippen LogP contribution in [0.4, 0.5) is 23.0 Å². The molecule has 0 unspecified atom stereocenters. The number of hydrogen-bond acceptors (Lipinski definition) is 10. The molecule has 0 aliphatic heterocycles. The molecule has 5 aromatic rings. The summed E-state index contributed by atoms with van der Waals surface area (Å²) in [5.41, 5.74) is 11.5. The number of benzene rings is 2. The number of furan rings is 1. The highest BCUT2D eigenvalue weighted by Gasteiger charge is 2.19. The number of rotatable bonds is 13. The molecule has 3 aromatic heterocycles. The summed E-state index contributed by atoms with van der Waals surface area (Å²) in [5, 5.41) is 7.20. The number of carbonyl (C=O) groups excluding carboxylic acids is 1. The van der Waals surface area contributed by atoms with Crippen molar-refractivity contribution in [1.82, 2.24) is 24.8 Å². The van der Waals surface area contributed by atoms with Crippen LogP contribution >= 0.6 is 0 Å². The number of likely N-dealkylation sites (N-methyl/N-ethyl adjacent to an activating group) is 2. The van der Waals surface area contributed by atoms with E-state index in [1.807, 2.05) is 57.5 Å². The van der Waals surface area contributed by atoms with E-state index in [4.69, 9.17) is 24.9 Å². The zero-order valence-electron chi connectivity index (χ0n) is 25.3. The van der Waals surface area contributed by atoms with Gasteiger partial charge in [-0.15, -0.1) is 0 Å². The normalized spacial score (nSPS) is 11.1. The summed E-state index contributed by atoms with van der Waals surface area (Å²) >= 11 is 0. The summed E-state index contributed by atoms with van der Waals surface area (Å²) in [7, 11) is 7.58. The van der Waals surface area contributed by atoms with Crippen molar-refractivity contribution in [2.45, 2.75) is 6.42 Å². The fourth-order valence-corrected chi connectivity index (χ4v) is 4.76. The van der Waals surface area contributed by atoms with Crippen molar-refractivity contribution in [3.8, 4) is 28.4 Å². The number of nitrogens with zero attached hydrogens (tertiary/aromatic N) is 5. The zero-order chi connectivity index (χ0) is 31.2. The van der Waals surface area contributed by atoms with Crippen LogP contribution in [0.5, 0.6) is 5.75 Å². The minimum Gasteiger partial charge on any atom is -0.494 e. The Morgan fingerprint density at radius 2 is 1.95 bits per heavy atom. The topological polar surface area (TPSA) is 150 Å². The van der Waals surface area contributed by atoms with E-state index in [1.165, 1.54) is 6.08 Å². The maximum atomic E-state index is 12.3. The minimum absolute atomic E-state index is 0.325. The predicted octanol–water partition coefficient (Wildman–Crippen LogP) is 4.66. The average Bonchev–Trinajstić information content (AvgIpc) is 3.67. The lowest BCUT2D eigenvalue weighted by Gasteiger charge is -2.26. The van der Waals surface area contributed by atoms with E-state index >= 15 is 0 Å². The first kappa shape index (κ1) is 30.3. The number of H-pyrrole nitrogens is 1. The van der Waals surface area contributed by atoms with Gasteiger partial charge in [0.15, 0.2) is 0 Å². The van der Waals surface area contributed by atoms with Gasteiger partial charge in [0, 0.05) is 49.8 Å². The number of ether oxygens (including phenoxy) is 1. The Labute approximate surface area is 256 Å². The number of anilines is 4. The highest BCUT2D eigenvalue weighted by Crippen LogP contribution is 2.38. The van der Waals surface area contributed by atoms with Crippen LogP contribution < -0.4 is 26.0 Å². The molecule has 0 radical (unpaired) electrons. The first-order valence-electron chi connectivity index (χ1n) is 14.2. The number of aromatic amines is 1. The molecule has 2 aromatic carbocycles. The molecule has 0 atom stereocenters. The SMILES string of the molecule is C=CC(=O)Nc1cc(Nc2nccc(-c3[nH]c(CCN)nc3-c3ccc4ccoc4c3)n2)c(OC)cc1N(C)CCN(C)C. The van der Waals surface area contributed by atoms with E-state index in [2.05, 4.69) is 37.0 Å². The summed E-state index contributed by atoms with van der Waals surface area (Å²) in [6, 6.07) is 13.4. The van der Waals surface area contributed by atoms with E-state index < -0.39 is 0 Å². The van der Waals surface area contributed by atoms with Crippen LogP contribution in [0, 0.1) is 0 Å². The molecular weight excluding hydrogens is 558 g/mol. The molecular formula is C32H37N9O3. The Kier molecular flexibility index (Phi) is 9.22. The van der Waals surface area contributed by atoms with Gasteiger partial charge in [-0.1, -0.05) is 18.7 Å². The van der Waals surface area contributed by atoms with Crippen LogP contribution in [0.25, 0.3) is 33.6 Å². The van der Waals surface area contributed by atoms with Crippen molar-refractivity contribution in [2.75, 3.05) is 63.4 Å². The van der Waals surface area contributed by atoms with Gasteiger partial charge in [0.05, 0.1) is 47.5 Å². The number of imidazole rings is 1. The van der Waals surface area contributed by atoms with Gasteiger partial charge in [0.1, 0.15) is 17.2 Å². The fraction of sp³-hybridized carbons (Fsp3) is 0.250. The molecule has 0 aliphatic rings. The van der Waals surface area contributed by atoms with Gasteiger partial charge >= 0.3 is 0 Å². The van der Waals surface area contributed by atoms with Crippen LogP contribution in [0.2, 0.25) is 0 Å². The first-order valence-corrected chi connectivity index (χ1v) is 14.2. The Hall–Kier alpha value is -5.20. The smallest absolute Gasteiger partial charge is 0.247 e. The Balaban J connectivity index is 1.51. The van der Waals surface area contributed by atoms with E-state index in [0.717, 1.165) is 52.5 Å². The molecule has 5 N–H and O–H groups in total. The van der Waals surface area contributed by atoms with Crippen molar-refractivity contribution in [3.05, 3.63) is 73.4 Å². The van der Waals surface area contributed by atoms with Gasteiger partial charge in [-0.3, -0.25) is 4.79 Å². The summed E-state index contributed by atoms with van der Waals surface area (Å²) < 4.78 is 11.4. The van der Waals surface area contributed by atoms with E-state index in [9.17, 15) is 4.79 Å². The molecule has 0 saturated carbocycles. The van der Waals surface area contributed by atoms with Crippen LogP contribution in [-0.4, -0.2) is 78.6 Å². The van der Waals surface area contributed by atoms with E-state index in [0.29, 0.717) is 41.7 Å². The third kappa shape index (κ3) is 6.72. The molecule has 0 fully saturated rings. The van der Waals surface area contributed by atoms with Crippen LogP contribution in [0.15, 0.2) is 72.0 Å². The van der Waals surface area contributed by atoms with Crippen LogP contribution in [0.3, 0.4) is 0 Å². The van der Waals surface area contributed by atoms with E-state index in [1.54, 1.807) is 25.6 Å². The van der Waals surface area contributed by atoms with Crippen molar-refractivity contribution in [1.29, 1.82) is 0 Å². The van der Waals surface area contributed by atoms with Crippen LogP contribution in [-0.2, 0) is 11.2 Å². The number of methoxy groups -OCH3 is 1. The molecule has 5 rings (SSSR count). The minimum atomic E-state index is -0.325. The number of nitrogens with one attached hydrogen (secondary N) is 3. The van der Waals surface area contributed by atoms with Crippen molar-refractivity contribution >= 4 is 39.9 Å². The highest BCUT2D eigenvalue weighted by atomic mass is 16.5. The fourth-order valence-electron chi connectivity index (χ4n) is 4.76.